The highest BCUT2D eigenvalue weighted by atomic mass is 79.9. The Bertz CT molecular complexity index is 301. The van der Waals surface area contributed by atoms with Crippen LogP contribution in [-0.4, -0.2) is 17.8 Å². The molecule has 1 rings (SSSR count). The maximum Gasteiger partial charge on any atom is 0.0665 e. The first-order chi connectivity index (χ1) is 6.65. The number of hydrogen-bond donors (Lipinski definition) is 2. The van der Waals surface area contributed by atoms with Gasteiger partial charge in [0.1, 0.15) is 0 Å². The number of halogens is 1. The van der Waals surface area contributed by atoms with Crippen molar-refractivity contribution < 1.29 is 5.11 Å². The summed E-state index contributed by atoms with van der Waals surface area (Å²) < 4.78 is 1.12. The second-order valence-electron chi connectivity index (χ2n) is 3.45. The molecule has 78 valence electrons. The molecule has 0 aromatic heterocycles. The average Bonchev–Trinajstić information content (AvgIpc) is 2.20. The van der Waals surface area contributed by atoms with Gasteiger partial charge in [0.2, 0.25) is 0 Å². The lowest BCUT2D eigenvalue weighted by Crippen LogP contribution is -2.20. The molecule has 0 amide bonds. The lowest BCUT2D eigenvalue weighted by molar-refractivity contribution is 0.173. The Morgan fingerprint density at radius 1 is 1.50 bits per heavy atom. The summed E-state index contributed by atoms with van der Waals surface area (Å²) in [4.78, 5) is 0. The number of aryl methyl sites for hydroxylation is 1. The first kappa shape index (κ1) is 11.7. The summed E-state index contributed by atoms with van der Waals surface area (Å²) in [5.74, 6) is 0. The van der Waals surface area contributed by atoms with Crippen LogP contribution < -0.4 is 5.73 Å². The first-order valence-corrected chi connectivity index (χ1v) is 5.56. The van der Waals surface area contributed by atoms with Gasteiger partial charge in [0.25, 0.3) is 0 Å². The smallest absolute Gasteiger partial charge is 0.0665 e. The largest absolute Gasteiger partial charge is 0.392 e. The third-order valence-electron chi connectivity index (χ3n) is 2.40. The maximum absolute atomic E-state index is 9.34. The van der Waals surface area contributed by atoms with Gasteiger partial charge in [0.15, 0.2) is 0 Å². The number of aliphatic hydroxyl groups is 1. The molecular weight excluding hydrogens is 242 g/mol. The fourth-order valence-electron chi connectivity index (χ4n) is 1.36. The van der Waals surface area contributed by atoms with Crippen molar-refractivity contribution in [3.63, 3.8) is 0 Å². The van der Waals surface area contributed by atoms with Crippen LogP contribution in [0.2, 0.25) is 0 Å². The average molecular weight is 258 g/mol. The predicted molar refractivity (Wildman–Crippen MR) is 62.3 cm³/mol. The van der Waals surface area contributed by atoms with Gasteiger partial charge in [-0.1, -0.05) is 28.1 Å². The molecule has 0 saturated carbocycles. The fraction of sp³-hybridized carbons (Fsp3) is 0.455. The summed E-state index contributed by atoms with van der Waals surface area (Å²) in [6.45, 7) is 2.42. The molecule has 0 aliphatic rings. The topological polar surface area (TPSA) is 46.2 Å². The van der Waals surface area contributed by atoms with Crippen LogP contribution in [0, 0.1) is 6.92 Å². The van der Waals surface area contributed by atoms with Crippen LogP contribution in [-0.2, 0) is 6.42 Å². The summed E-state index contributed by atoms with van der Waals surface area (Å²) in [6, 6.07) is 6.13. The van der Waals surface area contributed by atoms with E-state index >= 15 is 0 Å². The van der Waals surface area contributed by atoms with Crippen molar-refractivity contribution >= 4 is 15.9 Å². The van der Waals surface area contributed by atoms with Crippen molar-refractivity contribution in [1.82, 2.24) is 0 Å². The zero-order chi connectivity index (χ0) is 10.6. The first-order valence-electron chi connectivity index (χ1n) is 4.77. The molecule has 0 heterocycles. The zero-order valence-electron chi connectivity index (χ0n) is 8.33. The normalized spacial score (nSPS) is 12.9. The highest BCUT2D eigenvalue weighted by Crippen LogP contribution is 2.20. The van der Waals surface area contributed by atoms with E-state index in [-0.39, 0.29) is 6.10 Å². The van der Waals surface area contributed by atoms with Gasteiger partial charge in [0.05, 0.1) is 6.10 Å². The van der Waals surface area contributed by atoms with E-state index in [2.05, 4.69) is 28.9 Å². The van der Waals surface area contributed by atoms with Gasteiger partial charge >= 0.3 is 0 Å². The van der Waals surface area contributed by atoms with Gasteiger partial charge in [-0.15, -0.1) is 0 Å². The van der Waals surface area contributed by atoms with Gasteiger partial charge in [-0.2, -0.15) is 0 Å². The summed E-state index contributed by atoms with van der Waals surface area (Å²) in [5, 5.41) is 9.34. The summed E-state index contributed by atoms with van der Waals surface area (Å²) >= 11 is 3.48. The van der Waals surface area contributed by atoms with Gasteiger partial charge < -0.3 is 10.8 Å². The Kier molecular flexibility index (Phi) is 4.58. The van der Waals surface area contributed by atoms with Gasteiger partial charge in [0, 0.05) is 11.0 Å². The van der Waals surface area contributed by atoms with Crippen molar-refractivity contribution in [2.24, 2.45) is 5.73 Å². The number of nitrogens with two attached hydrogens (primary N) is 1. The van der Waals surface area contributed by atoms with Gasteiger partial charge in [-0.05, 0) is 37.0 Å². The van der Waals surface area contributed by atoms with Crippen LogP contribution in [0.15, 0.2) is 22.7 Å². The third kappa shape index (κ3) is 3.08. The van der Waals surface area contributed by atoms with Crippen molar-refractivity contribution in [3.8, 4) is 0 Å². The fourth-order valence-corrected chi connectivity index (χ4v) is 1.77. The lowest BCUT2D eigenvalue weighted by Gasteiger charge is -2.10. The van der Waals surface area contributed by atoms with Crippen molar-refractivity contribution in [3.05, 3.63) is 33.8 Å². The molecule has 0 spiro atoms. The van der Waals surface area contributed by atoms with Crippen LogP contribution in [0.4, 0.5) is 0 Å². The molecule has 0 aliphatic heterocycles. The van der Waals surface area contributed by atoms with E-state index in [1.807, 2.05) is 12.1 Å². The van der Waals surface area contributed by atoms with E-state index in [1.165, 1.54) is 11.1 Å². The Balaban J connectivity index is 2.63. The van der Waals surface area contributed by atoms with E-state index in [0.29, 0.717) is 6.54 Å². The molecule has 1 aromatic rings. The molecule has 3 heteroatoms. The van der Waals surface area contributed by atoms with Crippen LogP contribution in [0.3, 0.4) is 0 Å². The number of aliphatic hydroxyl groups excluding tert-OH is 1. The second-order valence-corrected chi connectivity index (χ2v) is 4.31. The standard InChI is InChI=1S/C11H16BrNO/c1-8-9(3-2-4-11(8)12)5-6-10(14)7-13/h2-4,10,14H,5-7,13H2,1H3. The molecule has 0 aliphatic carbocycles. The zero-order valence-corrected chi connectivity index (χ0v) is 9.92. The predicted octanol–water partition coefficient (Wildman–Crippen LogP) is 2.01. The molecule has 14 heavy (non-hydrogen) atoms. The minimum Gasteiger partial charge on any atom is -0.392 e. The molecule has 3 N–H and O–H groups in total. The molecule has 0 saturated heterocycles. The van der Waals surface area contributed by atoms with Crippen LogP contribution in [0.25, 0.3) is 0 Å². The Hall–Kier alpha value is -0.380. The van der Waals surface area contributed by atoms with Crippen molar-refractivity contribution in [2.75, 3.05) is 6.54 Å². The Morgan fingerprint density at radius 2 is 2.21 bits per heavy atom. The highest BCUT2D eigenvalue weighted by molar-refractivity contribution is 9.10. The minimum absolute atomic E-state index is 0.340. The molecule has 0 bridgehead atoms. The highest BCUT2D eigenvalue weighted by Gasteiger charge is 2.05. The third-order valence-corrected chi connectivity index (χ3v) is 3.26. The number of benzene rings is 1. The lowest BCUT2D eigenvalue weighted by atomic mass is 10.0. The van der Waals surface area contributed by atoms with Crippen molar-refractivity contribution in [2.45, 2.75) is 25.9 Å². The van der Waals surface area contributed by atoms with Crippen LogP contribution >= 0.6 is 15.9 Å². The van der Waals surface area contributed by atoms with E-state index in [4.69, 9.17) is 5.73 Å². The molecule has 0 fully saturated rings. The molecule has 1 aromatic carbocycles. The minimum atomic E-state index is -0.381. The summed E-state index contributed by atoms with van der Waals surface area (Å²) in [7, 11) is 0. The molecule has 1 atom stereocenters. The monoisotopic (exact) mass is 257 g/mol. The van der Waals surface area contributed by atoms with Crippen LogP contribution in [0.5, 0.6) is 0 Å². The second kappa shape index (κ2) is 5.49. The SMILES string of the molecule is Cc1c(Br)cccc1CCC(O)CN. The van der Waals surface area contributed by atoms with Crippen LogP contribution in [0.1, 0.15) is 17.5 Å². The van der Waals surface area contributed by atoms with E-state index in [1.54, 1.807) is 0 Å². The molecule has 1 unspecified atom stereocenters. The van der Waals surface area contributed by atoms with E-state index in [0.717, 1.165) is 17.3 Å². The van der Waals surface area contributed by atoms with Gasteiger partial charge in [-0.25, -0.2) is 0 Å². The summed E-state index contributed by atoms with van der Waals surface area (Å²) in [5.41, 5.74) is 7.86. The quantitative estimate of drug-likeness (QED) is 0.867. The molecule has 2 nitrogen and oxygen atoms in total. The molecular formula is C11H16BrNO. The van der Waals surface area contributed by atoms with Gasteiger partial charge in [-0.3, -0.25) is 0 Å². The van der Waals surface area contributed by atoms with Crippen molar-refractivity contribution in [1.29, 1.82) is 0 Å². The summed E-state index contributed by atoms with van der Waals surface area (Å²) in [6.07, 6.45) is 1.23. The van der Waals surface area contributed by atoms with E-state index in [9.17, 15) is 5.11 Å². The maximum atomic E-state index is 9.34. The Morgan fingerprint density at radius 3 is 2.86 bits per heavy atom. The molecule has 0 radical (unpaired) electrons. The Labute approximate surface area is 93.3 Å². The number of rotatable bonds is 4. The van der Waals surface area contributed by atoms with E-state index < -0.39 is 0 Å². The number of hydrogen-bond acceptors (Lipinski definition) is 2.